The second-order valence-electron chi connectivity index (χ2n) is 8.28. The summed E-state index contributed by atoms with van der Waals surface area (Å²) in [4.78, 5) is 10.0. The third-order valence-electron chi connectivity index (χ3n) is 5.12. The van der Waals surface area contributed by atoms with Gasteiger partial charge < -0.3 is 14.4 Å². The molecule has 0 fully saturated rings. The summed E-state index contributed by atoms with van der Waals surface area (Å²) in [5.74, 6) is 1.11. The molecular weight excluding hydrogens is 426 g/mol. The molecule has 4 aromatic rings. The number of fused-ring (bicyclic) bond motifs is 1. The standard InChI is InChI=1S/C23H27N5O3S/c1-28(2)10-9-18-15-24-21-8-7-17(12-20(18)21)14-23-25-22(26-31-23)13-16-5-4-6-19(11-16)27-32(3,29)30/h4-8,11-12,15,24,27H,9-10,13-14H2,1-3H3. The van der Waals surface area contributed by atoms with Crippen LogP contribution in [-0.4, -0.2) is 55.3 Å². The van der Waals surface area contributed by atoms with Crippen LogP contribution in [0.25, 0.3) is 10.9 Å². The summed E-state index contributed by atoms with van der Waals surface area (Å²) < 4.78 is 30.8. The summed E-state index contributed by atoms with van der Waals surface area (Å²) in [6, 6.07) is 13.5. The van der Waals surface area contributed by atoms with Gasteiger partial charge in [0.1, 0.15) is 0 Å². The van der Waals surface area contributed by atoms with Gasteiger partial charge in [0.2, 0.25) is 15.9 Å². The maximum Gasteiger partial charge on any atom is 0.231 e. The number of H-pyrrole nitrogens is 1. The van der Waals surface area contributed by atoms with E-state index in [1.807, 2.05) is 6.07 Å². The van der Waals surface area contributed by atoms with Crippen LogP contribution in [0.3, 0.4) is 0 Å². The Labute approximate surface area is 187 Å². The molecule has 4 rings (SSSR count). The molecule has 0 atom stereocenters. The Kier molecular flexibility index (Phi) is 6.29. The summed E-state index contributed by atoms with van der Waals surface area (Å²) >= 11 is 0. The van der Waals surface area contributed by atoms with Crippen LogP contribution in [0.5, 0.6) is 0 Å². The Balaban J connectivity index is 1.46. The fourth-order valence-corrected chi connectivity index (χ4v) is 4.19. The normalized spacial score (nSPS) is 12.0. The summed E-state index contributed by atoms with van der Waals surface area (Å²) in [6.45, 7) is 0.991. The van der Waals surface area contributed by atoms with Crippen molar-refractivity contribution in [2.24, 2.45) is 0 Å². The van der Waals surface area contributed by atoms with Crippen molar-refractivity contribution < 1.29 is 12.9 Å². The molecule has 0 aliphatic carbocycles. The predicted octanol–water partition coefficient (Wildman–Crippen LogP) is 3.21. The van der Waals surface area contributed by atoms with Crippen molar-refractivity contribution in [2.45, 2.75) is 19.3 Å². The molecule has 0 radical (unpaired) electrons. The van der Waals surface area contributed by atoms with E-state index in [2.05, 4.69) is 63.2 Å². The van der Waals surface area contributed by atoms with Crippen molar-refractivity contribution in [2.75, 3.05) is 31.6 Å². The van der Waals surface area contributed by atoms with Gasteiger partial charge in [0, 0.05) is 35.8 Å². The van der Waals surface area contributed by atoms with Crippen molar-refractivity contribution in [1.82, 2.24) is 20.0 Å². The van der Waals surface area contributed by atoms with Gasteiger partial charge in [-0.15, -0.1) is 0 Å². The van der Waals surface area contributed by atoms with Crippen LogP contribution in [0.15, 0.2) is 53.2 Å². The lowest BCUT2D eigenvalue weighted by atomic mass is 10.1. The molecule has 168 valence electrons. The molecule has 2 N–H and O–H groups in total. The van der Waals surface area contributed by atoms with E-state index in [1.165, 1.54) is 10.9 Å². The molecule has 0 saturated heterocycles. The Bertz CT molecular complexity index is 1320. The van der Waals surface area contributed by atoms with Gasteiger partial charge in [-0.3, -0.25) is 4.72 Å². The van der Waals surface area contributed by atoms with E-state index in [-0.39, 0.29) is 0 Å². The van der Waals surface area contributed by atoms with Crippen molar-refractivity contribution in [3.05, 3.63) is 77.1 Å². The Morgan fingerprint density at radius 2 is 1.91 bits per heavy atom. The fourth-order valence-electron chi connectivity index (χ4n) is 3.64. The SMILES string of the molecule is CN(C)CCc1c[nH]c2ccc(Cc3nc(Cc4cccc(NS(C)(=O)=O)c4)no3)cc12. The van der Waals surface area contributed by atoms with Gasteiger partial charge in [-0.25, -0.2) is 8.42 Å². The predicted molar refractivity (Wildman–Crippen MR) is 125 cm³/mol. The van der Waals surface area contributed by atoms with Crippen molar-refractivity contribution in [3.8, 4) is 0 Å². The highest BCUT2D eigenvalue weighted by Crippen LogP contribution is 2.22. The van der Waals surface area contributed by atoms with E-state index in [0.29, 0.717) is 30.2 Å². The van der Waals surface area contributed by atoms with Crippen LogP contribution < -0.4 is 4.72 Å². The molecule has 0 bridgehead atoms. The van der Waals surface area contributed by atoms with E-state index in [1.54, 1.807) is 18.2 Å². The molecule has 2 aromatic heterocycles. The number of benzene rings is 2. The largest absolute Gasteiger partial charge is 0.361 e. The van der Waals surface area contributed by atoms with E-state index in [4.69, 9.17) is 4.52 Å². The second kappa shape index (κ2) is 9.13. The Morgan fingerprint density at radius 3 is 2.69 bits per heavy atom. The number of anilines is 1. The maximum atomic E-state index is 11.4. The third kappa shape index (κ3) is 5.74. The van der Waals surface area contributed by atoms with Crippen molar-refractivity contribution in [1.29, 1.82) is 0 Å². The summed E-state index contributed by atoms with van der Waals surface area (Å²) in [5, 5.41) is 5.32. The number of nitrogens with one attached hydrogen (secondary N) is 2. The van der Waals surface area contributed by atoms with E-state index in [9.17, 15) is 8.42 Å². The number of aromatic nitrogens is 3. The highest BCUT2D eigenvalue weighted by Gasteiger charge is 2.11. The highest BCUT2D eigenvalue weighted by molar-refractivity contribution is 7.92. The second-order valence-corrected chi connectivity index (χ2v) is 10.0. The van der Waals surface area contributed by atoms with Gasteiger partial charge in [-0.1, -0.05) is 23.4 Å². The summed E-state index contributed by atoms with van der Waals surface area (Å²) in [5.41, 5.74) is 4.93. The van der Waals surface area contributed by atoms with Crippen molar-refractivity contribution in [3.63, 3.8) is 0 Å². The first kappa shape index (κ1) is 22.0. The minimum absolute atomic E-state index is 0.453. The van der Waals surface area contributed by atoms with Crippen LogP contribution >= 0.6 is 0 Å². The average molecular weight is 454 g/mol. The van der Waals surface area contributed by atoms with E-state index < -0.39 is 10.0 Å². The first-order chi connectivity index (χ1) is 15.2. The number of likely N-dealkylation sites (N-methyl/N-ethyl adjacent to an activating group) is 1. The first-order valence-corrected chi connectivity index (χ1v) is 12.3. The molecule has 9 heteroatoms. The number of hydrogen-bond donors (Lipinski definition) is 2. The molecule has 0 amide bonds. The maximum absolute atomic E-state index is 11.4. The van der Waals surface area contributed by atoms with Gasteiger partial charge in [-0.2, -0.15) is 4.98 Å². The minimum Gasteiger partial charge on any atom is -0.361 e. The van der Waals surface area contributed by atoms with Crippen LogP contribution in [0.1, 0.15) is 28.4 Å². The van der Waals surface area contributed by atoms with Crippen LogP contribution in [0.4, 0.5) is 5.69 Å². The number of hydrogen-bond acceptors (Lipinski definition) is 6. The molecule has 0 spiro atoms. The average Bonchev–Trinajstić information content (AvgIpc) is 3.32. The molecule has 0 aliphatic rings. The lowest BCUT2D eigenvalue weighted by molar-refractivity contribution is 0.380. The first-order valence-electron chi connectivity index (χ1n) is 10.4. The molecule has 0 unspecified atom stereocenters. The van der Waals surface area contributed by atoms with Crippen LogP contribution in [0, 0.1) is 0 Å². The monoisotopic (exact) mass is 453 g/mol. The molecular formula is C23H27N5O3S. The molecule has 0 aliphatic heterocycles. The van der Waals surface area contributed by atoms with Gasteiger partial charge in [0.25, 0.3) is 0 Å². The minimum atomic E-state index is -3.32. The Hall–Kier alpha value is -3.17. The Morgan fingerprint density at radius 1 is 1.09 bits per heavy atom. The third-order valence-corrected chi connectivity index (χ3v) is 5.72. The quantitative estimate of drug-likeness (QED) is 0.403. The summed E-state index contributed by atoms with van der Waals surface area (Å²) in [7, 11) is 0.826. The molecule has 32 heavy (non-hydrogen) atoms. The van der Waals surface area contributed by atoms with Gasteiger partial charge in [0.15, 0.2) is 5.82 Å². The molecule has 2 aromatic carbocycles. The molecule has 0 saturated carbocycles. The number of aromatic amines is 1. The van der Waals surface area contributed by atoms with Crippen LogP contribution in [-0.2, 0) is 29.3 Å². The lowest BCUT2D eigenvalue weighted by Gasteiger charge is -2.08. The fraction of sp³-hybridized carbons (Fsp3) is 0.304. The van der Waals surface area contributed by atoms with E-state index >= 15 is 0 Å². The van der Waals surface area contributed by atoms with Gasteiger partial charge in [-0.05, 0) is 61.5 Å². The van der Waals surface area contributed by atoms with Crippen molar-refractivity contribution >= 4 is 26.6 Å². The highest BCUT2D eigenvalue weighted by atomic mass is 32.2. The molecule has 8 nitrogen and oxygen atoms in total. The van der Waals surface area contributed by atoms with Crippen LogP contribution in [0.2, 0.25) is 0 Å². The number of rotatable bonds is 9. The van der Waals surface area contributed by atoms with Gasteiger partial charge in [0.05, 0.1) is 12.7 Å². The topological polar surface area (TPSA) is 104 Å². The zero-order chi connectivity index (χ0) is 22.7. The number of sulfonamides is 1. The van der Waals surface area contributed by atoms with E-state index in [0.717, 1.165) is 35.9 Å². The zero-order valence-corrected chi connectivity index (χ0v) is 19.2. The smallest absolute Gasteiger partial charge is 0.231 e. The molecule has 2 heterocycles. The van der Waals surface area contributed by atoms with Gasteiger partial charge >= 0.3 is 0 Å². The zero-order valence-electron chi connectivity index (χ0n) is 18.4. The summed E-state index contributed by atoms with van der Waals surface area (Å²) in [6.07, 6.45) is 5.19. The lowest BCUT2D eigenvalue weighted by Crippen LogP contribution is -2.14. The number of nitrogens with zero attached hydrogens (tertiary/aromatic N) is 3.